The lowest BCUT2D eigenvalue weighted by Gasteiger charge is -2.29. The van der Waals surface area contributed by atoms with Gasteiger partial charge in [0.05, 0.1) is 0 Å². The van der Waals surface area contributed by atoms with Gasteiger partial charge in [-0.1, -0.05) is 0 Å². The van der Waals surface area contributed by atoms with Gasteiger partial charge in [0.1, 0.15) is 0 Å². The summed E-state index contributed by atoms with van der Waals surface area (Å²) >= 11 is 0. The number of amides is 1. The van der Waals surface area contributed by atoms with Gasteiger partial charge in [-0.3, -0.25) is 9.69 Å². The van der Waals surface area contributed by atoms with Crippen LogP contribution in [0.2, 0.25) is 0 Å². The van der Waals surface area contributed by atoms with Crippen LogP contribution < -0.4 is 5.32 Å². The molecule has 0 unspecified atom stereocenters. The van der Waals surface area contributed by atoms with Crippen LogP contribution in [0.15, 0.2) is 0 Å². The number of rotatable bonds is 4. The van der Waals surface area contributed by atoms with Crippen LogP contribution in [-0.2, 0) is 4.79 Å². The van der Waals surface area contributed by atoms with Crippen LogP contribution in [0.3, 0.4) is 0 Å². The molecule has 2 aliphatic rings. The first-order valence-electron chi connectivity index (χ1n) is 5.95. The molecule has 2 fully saturated rings. The summed E-state index contributed by atoms with van der Waals surface area (Å²) in [5, 5.41) is 3.33. The summed E-state index contributed by atoms with van der Waals surface area (Å²) in [5.41, 5.74) is 0. The van der Waals surface area contributed by atoms with Crippen LogP contribution in [0.5, 0.6) is 0 Å². The Hall–Kier alpha value is -0.610. The highest BCUT2D eigenvalue weighted by Gasteiger charge is 2.31. The molecule has 1 saturated carbocycles. The number of carbonyl (C=O) groups excluding carboxylic acids is 1. The standard InChI is InChI=1S/C11H21N3O/c1-13(11(15)10-2-3-10)8-9-14-6-4-12-5-7-14/h10,12H,2-9H2,1H3. The van der Waals surface area contributed by atoms with E-state index in [4.69, 9.17) is 0 Å². The smallest absolute Gasteiger partial charge is 0.225 e. The minimum atomic E-state index is 0.352. The van der Waals surface area contributed by atoms with Crippen molar-refractivity contribution in [2.75, 3.05) is 46.3 Å². The summed E-state index contributed by atoms with van der Waals surface area (Å²) in [6.07, 6.45) is 2.22. The lowest BCUT2D eigenvalue weighted by Crippen LogP contribution is -2.46. The zero-order valence-electron chi connectivity index (χ0n) is 9.54. The van der Waals surface area contributed by atoms with Crippen molar-refractivity contribution in [3.05, 3.63) is 0 Å². The average Bonchev–Trinajstić information content (AvgIpc) is 3.10. The van der Waals surface area contributed by atoms with Gasteiger partial charge in [-0.25, -0.2) is 0 Å². The number of hydrogen-bond acceptors (Lipinski definition) is 3. The molecule has 0 aromatic carbocycles. The molecule has 1 amide bonds. The summed E-state index contributed by atoms with van der Waals surface area (Å²) in [4.78, 5) is 16.0. The normalized spacial score (nSPS) is 22.7. The first-order chi connectivity index (χ1) is 7.27. The maximum absolute atomic E-state index is 11.7. The maximum atomic E-state index is 11.7. The minimum absolute atomic E-state index is 0.352. The Balaban J connectivity index is 1.65. The van der Waals surface area contributed by atoms with E-state index in [2.05, 4.69) is 10.2 Å². The van der Waals surface area contributed by atoms with Gasteiger partial charge in [0.15, 0.2) is 0 Å². The molecule has 15 heavy (non-hydrogen) atoms. The van der Waals surface area contributed by atoms with Crippen molar-refractivity contribution < 1.29 is 4.79 Å². The fourth-order valence-corrected chi connectivity index (χ4v) is 1.98. The summed E-state index contributed by atoms with van der Waals surface area (Å²) < 4.78 is 0. The van der Waals surface area contributed by atoms with E-state index in [9.17, 15) is 4.79 Å². The third kappa shape index (κ3) is 3.18. The molecule has 0 atom stereocenters. The molecule has 0 spiro atoms. The average molecular weight is 211 g/mol. The number of likely N-dealkylation sites (N-methyl/N-ethyl adjacent to an activating group) is 1. The van der Waals surface area contributed by atoms with Crippen molar-refractivity contribution in [1.29, 1.82) is 0 Å². The van der Waals surface area contributed by atoms with E-state index >= 15 is 0 Å². The molecule has 0 bridgehead atoms. The molecule has 86 valence electrons. The van der Waals surface area contributed by atoms with Crippen LogP contribution in [0.1, 0.15) is 12.8 Å². The second-order valence-electron chi connectivity index (χ2n) is 4.63. The zero-order chi connectivity index (χ0) is 10.7. The highest BCUT2D eigenvalue weighted by atomic mass is 16.2. The molecule has 0 aromatic rings. The van der Waals surface area contributed by atoms with Gasteiger partial charge in [-0.15, -0.1) is 0 Å². The van der Waals surface area contributed by atoms with Crippen LogP contribution in [-0.4, -0.2) is 62.0 Å². The molecule has 0 radical (unpaired) electrons. The highest BCUT2D eigenvalue weighted by molar-refractivity contribution is 5.80. The molecule has 1 saturated heterocycles. The molecule has 2 rings (SSSR count). The lowest BCUT2D eigenvalue weighted by atomic mass is 10.3. The Morgan fingerprint density at radius 2 is 2.07 bits per heavy atom. The largest absolute Gasteiger partial charge is 0.344 e. The molecule has 0 aromatic heterocycles. The first-order valence-corrected chi connectivity index (χ1v) is 5.95. The van der Waals surface area contributed by atoms with Crippen molar-refractivity contribution >= 4 is 5.91 Å². The molecular weight excluding hydrogens is 190 g/mol. The maximum Gasteiger partial charge on any atom is 0.225 e. The third-order valence-corrected chi connectivity index (χ3v) is 3.26. The van der Waals surface area contributed by atoms with Gasteiger partial charge in [-0.2, -0.15) is 0 Å². The van der Waals surface area contributed by atoms with E-state index < -0.39 is 0 Å². The Kier molecular flexibility index (Phi) is 3.59. The molecule has 1 aliphatic heterocycles. The van der Waals surface area contributed by atoms with Crippen molar-refractivity contribution in [3.63, 3.8) is 0 Å². The quantitative estimate of drug-likeness (QED) is 0.697. The molecular formula is C11H21N3O. The van der Waals surface area contributed by atoms with Crippen molar-refractivity contribution in [2.24, 2.45) is 5.92 Å². The van der Waals surface area contributed by atoms with Gasteiger partial charge in [-0.05, 0) is 12.8 Å². The number of hydrogen-bond donors (Lipinski definition) is 1. The fraction of sp³-hybridized carbons (Fsp3) is 0.909. The Morgan fingerprint density at radius 1 is 1.40 bits per heavy atom. The van der Waals surface area contributed by atoms with Crippen LogP contribution in [0, 0.1) is 5.92 Å². The van der Waals surface area contributed by atoms with E-state index in [1.54, 1.807) is 0 Å². The van der Waals surface area contributed by atoms with E-state index in [0.29, 0.717) is 11.8 Å². The Bertz CT molecular complexity index is 222. The van der Waals surface area contributed by atoms with Crippen molar-refractivity contribution in [1.82, 2.24) is 15.1 Å². The molecule has 1 heterocycles. The van der Waals surface area contributed by atoms with E-state index in [1.165, 1.54) is 0 Å². The van der Waals surface area contributed by atoms with Gasteiger partial charge >= 0.3 is 0 Å². The van der Waals surface area contributed by atoms with E-state index in [0.717, 1.165) is 52.1 Å². The third-order valence-electron chi connectivity index (χ3n) is 3.26. The van der Waals surface area contributed by atoms with Gasteiger partial charge < -0.3 is 10.2 Å². The van der Waals surface area contributed by atoms with Crippen LogP contribution in [0.4, 0.5) is 0 Å². The van der Waals surface area contributed by atoms with Gasteiger partial charge in [0.25, 0.3) is 0 Å². The second kappa shape index (κ2) is 4.94. The first kappa shape index (κ1) is 10.9. The highest BCUT2D eigenvalue weighted by Crippen LogP contribution is 2.30. The monoisotopic (exact) mass is 211 g/mol. The predicted molar refractivity (Wildman–Crippen MR) is 59.7 cm³/mol. The Labute approximate surface area is 91.6 Å². The number of carbonyl (C=O) groups is 1. The second-order valence-corrected chi connectivity index (χ2v) is 4.63. The number of nitrogens with zero attached hydrogens (tertiary/aromatic N) is 2. The van der Waals surface area contributed by atoms with E-state index in [-0.39, 0.29) is 0 Å². The summed E-state index contributed by atoms with van der Waals surface area (Å²) in [6.45, 7) is 6.31. The zero-order valence-corrected chi connectivity index (χ0v) is 9.54. The van der Waals surface area contributed by atoms with Crippen molar-refractivity contribution in [2.45, 2.75) is 12.8 Å². The topological polar surface area (TPSA) is 35.6 Å². The molecule has 4 nitrogen and oxygen atoms in total. The lowest BCUT2D eigenvalue weighted by molar-refractivity contribution is -0.131. The van der Waals surface area contributed by atoms with Crippen molar-refractivity contribution in [3.8, 4) is 0 Å². The van der Waals surface area contributed by atoms with Crippen LogP contribution in [0.25, 0.3) is 0 Å². The minimum Gasteiger partial charge on any atom is -0.344 e. The fourth-order valence-electron chi connectivity index (χ4n) is 1.98. The SMILES string of the molecule is CN(CCN1CCNCC1)C(=O)C1CC1. The summed E-state index contributed by atoms with van der Waals surface area (Å²) in [6, 6.07) is 0. The molecule has 1 N–H and O–H groups in total. The number of nitrogens with one attached hydrogen (secondary N) is 1. The van der Waals surface area contributed by atoms with Crippen LogP contribution >= 0.6 is 0 Å². The Morgan fingerprint density at radius 3 is 2.67 bits per heavy atom. The molecule has 1 aliphatic carbocycles. The van der Waals surface area contributed by atoms with E-state index in [1.807, 2.05) is 11.9 Å². The summed E-state index contributed by atoms with van der Waals surface area (Å²) in [7, 11) is 1.93. The molecule has 4 heteroatoms. The van der Waals surface area contributed by atoms with Gasteiger partial charge in [0.2, 0.25) is 5.91 Å². The predicted octanol–water partition coefficient (Wildman–Crippen LogP) is -0.240. The summed E-state index contributed by atoms with van der Waals surface area (Å²) in [5.74, 6) is 0.711. The number of piperazine rings is 1. The van der Waals surface area contributed by atoms with Gasteiger partial charge in [0, 0.05) is 52.2 Å².